The van der Waals surface area contributed by atoms with Gasteiger partial charge in [0.25, 0.3) is 5.56 Å². The third-order valence-electron chi connectivity index (χ3n) is 4.63. The molecule has 0 aliphatic rings. The highest BCUT2D eigenvalue weighted by Crippen LogP contribution is 2.24. The molecule has 2 aromatic heterocycles. The topological polar surface area (TPSA) is 74.8 Å². The van der Waals surface area contributed by atoms with Crippen LogP contribution in [0.25, 0.3) is 22.2 Å². The van der Waals surface area contributed by atoms with E-state index in [0.717, 1.165) is 22.0 Å². The first-order chi connectivity index (χ1) is 13.5. The lowest BCUT2D eigenvalue weighted by atomic mass is 10.0. The van der Waals surface area contributed by atoms with Gasteiger partial charge >= 0.3 is 0 Å². The standard InChI is InChI=1S/C22H19N3O2S/c1-13-7-8-15(14(2)9-13)11-20(26)25-22-24-19(12-28-22)17-10-16-5-3-4-6-18(16)23-21(17)27/h3-10,12H,11H2,1-2H3,(H,23,27)(H,24,25,26). The van der Waals surface area contributed by atoms with E-state index < -0.39 is 0 Å². The van der Waals surface area contributed by atoms with Crippen LogP contribution in [0.5, 0.6) is 0 Å². The Labute approximate surface area is 166 Å². The number of aromatic nitrogens is 2. The zero-order valence-corrected chi connectivity index (χ0v) is 16.4. The number of fused-ring (bicyclic) bond motifs is 1. The molecule has 0 saturated heterocycles. The first kappa shape index (κ1) is 18.1. The molecular weight excluding hydrogens is 370 g/mol. The molecule has 0 aliphatic heterocycles. The van der Waals surface area contributed by atoms with E-state index in [1.165, 1.54) is 16.9 Å². The largest absolute Gasteiger partial charge is 0.321 e. The number of pyridine rings is 1. The molecule has 4 rings (SSSR count). The van der Waals surface area contributed by atoms with Gasteiger partial charge in [-0.25, -0.2) is 4.98 Å². The van der Waals surface area contributed by atoms with E-state index >= 15 is 0 Å². The van der Waals surface area contributed by atoms with E-state index in [2.05, 4.69) is 21.4 Å². The summed E-state index contributed by atoms with van der Waals surface area (Å²) in [4.78, 5) is 32.1. The maximum absolute atomic E-state index is 12.4. The number of hydrogen-bond donors (Lipinski definition) is 2. The van der Waals surface area contributed by atoms with Crippen LogP contribution >= 0.6 is 11.3 Å². The van der Waals surface area contributed by atoms with Crippen molar-refractivity contribution in [2.24, 2.45) is 0 Å². The van der Waals surface area contributed by atoms with Gasteiger partial charge in [-0.05, 0) is 42.5 Å². The molecule has 0 bridgehead atoms. The molecule has 2 heterocycles. The molecule has 2 N–H and O–H groups in total. The van der Waals surface area contributed by atoms with Gasteiger partial charge in [-0.1, -0.05) is 42.0 Å². The second kappa shape index (κ2) is 7.40. The van der Waals surface area contributed by atoms with Gasteiger partial charge in [0.15, 0.2) is 5.13 Å². The maximum Gasteiger partial charge on any atom is 0.257 e. The van der Waals surface area contributed by atoms with Gasteiger partial charge in [0, 0.05) is 10.9 Å². The van der Waals surface area contributed by atoms with E-state index in [0.29, 0.717) is 16.4 Å². The molecule has 0 aliphatic carbocycles. The SMILES string of the molecule is Cc1ccc(CC(=O)Nc2nc(-c3cc4ccccc4[nH]c3=O)cs2)c(C)c1. The fourth-order valence-corrected chi connectivity index (χ4v) is 3.90. The monoisotopic (exact) mass is 389 g/mol. The van der Waals surface area contributed by atoms with Crippen LogP contribution in [-0.4, -0.2) is 15.9 Å². The zero-order valence-electron chi connectivity index (χ0n) is 15.6. The molecule has 4 aromatic rings. The summed E-state index contributed by atoms with van der Waals surface area (Å²) in [6, 6.07) is 15.5. The normalized spacial score (nSPS) is 10.9. The Balaban J connectivity index is 1.54. The molecule has 0 spiro atoms. The Morgan fingerprint density at radius 3 is 2.79 bits per heavy atom. The summed E-state index contributed by atoms with van der Waals surface area (Å²) in [6.07, 6.45) is 0.289. The summed E-state index contributed by atoms with van der Waals surface area (Å²) >= 11 is 1.31. The number of anilines is 1. The molecule has 0 radical (unpaired) electrons. The number of thiazole rings is 1. The lowest BCUT2D eigenvalue weighted by Crippen LogP contribution is -2.15. The van der Waals surface area contributed by atoms with E-state index in [4.69, 9.17) is 0 Å². The smallest absolute Gasteiger partial charge is 0.257 e. The Morgan fingerprint density at radius 1 is 1.14 bits per heavy atom. The third-order valence-corrected chi connectivity index (χ3v) is 5.39. The van der Waals surface area contributed by atoms with Crippen LogP contribution in [0.2, 0.25) is 0 Å². The average molecular weight is 389 g/mol. The van der Waals surface area contributed by atoms with Crippen LogP contribution in [0.1, 0.15) is 16.7 Å². The molecule has 0 fully saturated rings. The van der Waals surface area contributed by atoms with Gasteiger partial charge in [-0.2, -0.15) is 0 Å². The van der Waals surface area contributed by atoms with Crippen molar-refractivity contribution in [3.8, 4) is 11.3 Å². The van der Waals surface area contributed by atoms with Crippen molar-refractivity contribution >= 4 is 33.3 Å². The Hall–Kier alpha value is -3.25. The highest BCUT2D eigenvalue weighted by atomic mass is 32.1. The van der Waals surface area contributed by atoms with Crippen LogP contribution in [0.4, 0.5) is 5.13 Å². The number of nitrogens with zero attached hydrogens (tertiary/aromatic N) is 1. The quantitative estimate of drug-likeness (QED) is 0.541. The zero-order chi connectivity index (χ0) is 19.7. The average Bonchev–Trinajstić information content (AvgIpc) is 3.11. The summed E-state index contributed by atoms with van der Waals surface area (Å²) in [5.74, 6) is -0.125. The lowest BCUT2D eigenvalue weighted by molar-refractivity contribution is -0.115. The van der Waals surface area contributed by atoms with Crippen LogP contribution in [0.3, 0.4) is 0 Å². The number of rotatable bonds is 4. The van der Waals surface area contributed by atoms with Crippen molar-refractivity contribution in [3.05, 3.63) is 81.0 Å². The van der Waals surface area contributed by atoms with Gasteiger partial charge < -0.3 is 10.3 Å². The number of benzene rings is 2. The predicted molar refractivity (Wildman–Crippen MR) is 114 cm³/mol. The summed E-state index contributed by atoms with van der Waals surface area (Å²) in [5.41, 5.74) is 4.89. The lowest BCUT2D eigenvalue weighted by Gasteiger charge is -2.06. The predicted octanol–water partition coefficient (Wildman–Crippen LogP) is 4.45. The van der Waals surface area contributed by atoms with E-state index in [-0.39, 0.29) is 17.9 Å². The molecule has 0 atom stereocenters. The van der Waals surface area contributed by atoms with E-state index in [1.54, 1.807) is 5.38 Å². The van der Waals surface area contributed by atoms with E-state index in [9.17, 15) is 9.59 Å². The van der Waals surface area contributed by atoms with Gasteiger partial charge in [0.1, 0.15) is 0 Å². The highest BCUT2D eigenvalue weighted by Gasteiger charge is 2.12. The number of carbonyl (C=O) groups is 1. The Bertz CT molecular complexity index is 1240. The number of carbonyl (C=O) groups excluding carboxylic acids is 1. The fraction of sp³-hybridized carbons (Fsp3) is 0.136. The molecule has 6 heteroatoms. The van der Waals surface area contributed by atoms with Crippen LogP contribution < -0.4 is 10.9 Å². The molecule has 2 aromatic carbocycles. The van der Waals surface area contributed by atoms with Crippen LogP contribution in [0.15, 0.2) is 58.7 Å². The van der Waals surface area contributed by atoms with Crippen molar-refractivity contribution in [1.29, 1.82) is 0 Å². The molecule has 0 unspecified atom stereocenters. The van der Waals surface area contributed by atoms with Crippen molar-refractivity contribution in [2.45, 2.75) is 20.3 Å². The second-order valence-corrected chi connectivity index (χ2v) is 7.65. The van der Waals surface area contributed by atoms with Crippen LogP contribution in [-0.2, 0) is 11.2 Å². The summed E-state index contributed by atoms with van der Waals surface area (Å²) in [5, 5.41) is 6.04. The number of hydrogen-bond acceptors (Lipinski definition) is 4. The minimum atomic E-state index is -0.197. The minimum Gasteiger partial charge on any atom is -0.321 e. The number of aromatic amines is 1. The molecule has 140 valence electrons. The summed E-state index contributed by atoms with van der Waals surface area (Å²) in [7, 11) is 0. The van der Waals surface area contributed by atoms with E-state index in [1.807, 2.05) is 56.3 Å². The van der Waals surface area contributed by atoms with Gasteiger partial charge in [0.2, 0.25) is 5.91 Å². The van der Waals surface area contributed by atoms with Crippen molar-refractivity contribution in [2.75, 3.05) is 5.32 Å². The Morgan fingerprint density at radius 2 is 1.96 bits per heavy atom. The van der Waals surface area contributed by atoms with Crippen LogP contribution in [0, 0.1) is 13.8 Å². The molecule has 1 amide bonds. The number of H-pyrrole nitrogens is 1. The highest BCUT2D eigenvalue weighted by molar-refractivity contribution is 7.14. The van der Waals surface area contributed by atoms with Gasteiger partial charge in [-0.15, -0.1) is 11.3 Å². The molecule has 28 heavy (non-hydrogen) atoms. The van der Waals surface area contributed by atoms with Crippen molar-refractivity contribution < 1.29 is 4.79 Å². The number of nitrogens with one attached hydrogen (secondary N) is 2. The van der Waals surface area contributed by atoms with Crippen molar-refractivity contribution in [3.63, 3.8) is 0 Å². The first-order valence-electron chi connectivity index (χ1n) is 8.93. The minimum absolute atomic E-state index is 0.125. The first-order valence-corrected chi connectivity index (χ1v) is 9.81. The number of aryl methyl sites for hydroxylation is 2. The van der Waals surface area contributed by atoms with Gasteiger partial charge in [0.05, 0.1) is 17.7 Å². The fourth-order valence-electron chi connectivity index (χ4n) is 3.17. The Kier molecular flexibility index (Phi) is 4.79. The molecular formula is C22H19N3O2S. The van der Waals surface area contributed by atoms with Crippen molar-refractivity contribution in [1.82, 2.24) is 9.97 Å². The maximum atomic E-state index is 12.4. The summed E-state index contributed by atoms with van der Waals surface area (Å²) in [6.45, 7) is 4.03. The summed E-state index contributed by atoms with van der Waals surface area (Å²) < 4.78 is 0. The molecule has 5 nitrogen and oxygen atoms in total. The number of amides is 1. The third kappa shape index (κ3) is 3.73. The van der Waals surface area contributed by atoms with Gasteiger partial charge in [-0.3, -0.25) is 9.59 Å². The second-order valence-electron chi connectivity index (χ2n) is 6.79. The molecule has 0 saturated carbocycles. The number of para-hydroxylation sites is 1.